The lowest BCUT2D eigenvalue weighted by molar-refractivity contribution is 1.47. The third-order valence-electron chi connectivity index (χ3n) is 3.63. The van der Waals surface area contributed by atoms with Crippen LogP contribution in [0.5, 0.6) is 0 Å². The van der Waals surface area contributed by atoms with E-state index in [1.807, 2.05) is 42.5 Å². The minimum absolute atomic E-state index is 0.621. The van der Waals surface area contributed by atoms with E-state index in [0.717, 1.165) is 22.3 Å². The Morgan fingerprint density at radius 1 is 0.609 bits per heavy atom. The minimum Gasteiger partial charge on any atom is -0.192 e. The molecule has 0 fully saturated rings. The number of hydrogen-bond acceptors (Lipinski definition) is 2. The largest absolute Gasteiger partial charge is 0.192 e. The van der Waals surface area contributed by atoms with E-state index in [2.05, 4.69) is 12.1 Å². The van der Waals surface area contributed by atoms with Gasteiger partial charge >= 0.3 is 0 Å². The van der Waals surface area contributed by atoms with E-state index in [-0.39, 0.29) is 0 Å². The molecule has 0 amide bonds. The second kappa shape index (κ2) is 6.36. The fourth-order valence-electron chi connectivity index (χ4n) is 2.46. The average Bonchev–Trinajstić information content (AvgIpc) is 2.62. The van der Waals surface area contributed by atoms with Crippen LogP contribution in [0.25, 0.3) is 22.3 Å². The van der Waals surface area contributed by atoms with Crippen molar-refractivity contribution in [2.45, 2.75) is 0 Å². The summed E-state index contributed by atoms with van der Waals surface area (Å²) in [6.07, 6.45) is 0. The van der Waals surface area contributed by atoms with Crippen LogP contribution in [0.15, 0.2) is 66.7 Å². The quantitative estimate of drug-likeness (QED) is 0.634. The van der Waals surface area contributed by atoms with Crippen molar-refractivity contribution in [2.75, 3.05) is 0 Å². The van der Waals surface area contributed by atoms with E-state index in [4.69, 9.17) is 22.1 Å². The fourth-order valence-corrected chi connectivity index (χ4v) is 2.63. The maximum atomic E-state index is 8.93. The van der Waals surface area contributed by atoms with Gasteiger partial charge in [-0.05, 0) is 58.7 Å². The molecule has 0 aliphatic heterocycles. The zero-order valence-corrected chi connectivity index (χ0v) is 12.9. The van der Waals surface area contributed by atoms with Crippen LogP contribution in [0.4, 0.5) is 0 Å². The number of nitriles is 2. The van der Waals surface area contributed by atoms with Crippen molar-refractivity contribution in [3.63, 3.8) is 0 Å². The standard InChI is InChI=1S/C20H11ClN2/c21-18-9-10-19(16-5-1-14(12-22)2-6-16)20(11-18)17-7-3-15(13-23)4-8-17/h1-11H. The fraction of sp³-hybridized carbons (Fsp3) is 0. The number of rotatable bonds is 2. The summed E-state index contributed by atoms with van der Waals surface area (Å²) in [7, 11) is 0. The van der Waals surface area contributed by atoms with Gasteiger partial charge in [-0.3, -0.25) is 0 Å². The first kappa shape index (κ1) is 14.9. The highest BCUT2D eigenvalue weighted by atomic mass is 35.5. The zero-order chi connectivity index (χ0) is 16.2. The lowest BCUT2D eigenvalue weighted by Crippen LogP contribution is -1.86. The van der Waals surface area contributed by atoms with Crippen LogP contribution in [0, 0.1) is 22.7 Å². The summed E-state index contributed by atoms with van der Waals surface area (Å²) in [4.78, 5) is 0. The summed E-state index contributed by atoms with van der Waals surface area (Å²) in [5, 5.41) is 18.5. The average molecular weight is 315 g/mol. The van der Waals surface area contributed by atoms with Crippen LogP contribution in [0.2, 0.25) is 5.02 Å². The van der Waals surface area contributed by atoms with Gasteiger partial charge in [0.25, 0.3) is 0 Å². The molecule has 23 heavy (non-hydrogen) atoms. The molecular formula is C20H11ClN2. The third-order valence-corrected chi connectivity index (χ3v) is 3.87. The van der Waals surface area contributed by atoms with Gasteiger partial charge in [-0.15, -0.1) is 0 Å². The first-order chi connectivity index (χ1) is 11.2. The molecule has 3 aromatic carbocycles. The van der Waals surface area contributed by atoms with Crippen LogP contribution < -0.4 is 0 Å². The van der Waals surface area contributed by atoms with Crippen molar-refractivity contribution in [2.24, 2.45) is 0 Å². The molecule has 3 heteroatoms. The summed E-state index contributed by atoms with van der Waals surface area (Å²) in [5.41, 5.74) is 5.28. The molecule has 0 aliphatic carbocycles. The molecule has 3 aromatic rings. The van der Waals surface area contributed by atoms with Crippen molar-refractivity contribution in [3.05, 3.63) is 82.9 Å². The molecule has 108 valence electrons. The summed E-state index contributed by atoms with van der Waals surface area (Å²) < 4.78 is 0. The van der Waals surface area contributed by atoms with Crippen molar-refractivity contribution in [1.29, 1.82) is 10.5 Å². The lowest BCUT2D eigenvalue weighted by Gasteiger charge is -2.11. The Balaban J connectivity index is 2.14. The first-order valence-corrected chi connectivity index (χ1v) is 7.39. The molecular weight excluding hydrogens is 304 g/mol. The first-order valence-electron chi connectivity index (χ1n) is 7.02. The monoisotopic (exact) mass is 314 g/mol. The Bertz CT molecular complexity index is 927. The van der Waals surface area contributed by atoms with Crippen molar-refractivity contribution in [1.82, 2.24) is 0 Å². The molecule has 2 nitrogen and oxygen atoms in total. The zero-order valence-electron chi connectivity index (χ0n) is 12.1. The molecule has 0 radical (unpaired) electrons. The molecule has 0 bridgehead atoms. The molecule has 3 rings (SSSR count). The van der Waals surface area contributed by atoms with E-state index in [9.17, 15) is 0 Å². The van der Waals surface area contributed by atoms with Crippen LogP contribution in [0.1, 0.15) is 11.1 Å². The molecule has 0 N–H and O–H groups in total. The van der Waals surface area contributed by atoms with Crippen molar-refractivity contribution in [3.8, 4) is 34.4 Å². The van der Waals surface area contributed by atoms with Gasteiger partial charge in [-0.25, -0.2) is 0 Å². The van der Waals surface area contributed by atoms with E-state index in [1.54, 1.807) is 24.3 Å². The van der Waals surface area contributed by atoms with Crippen LogP contribution >= 0.6 is 11.6 Å². The van der Waals surface area contributed by atoms with Crippen LogP contribution in [-0.2, 0) is 0 Å². The topological polar surface area (TPSA) is 47.6 Å². The van der Waals surface area contributed by atoms with E-state index >= 15 is 0 Å². The lowest BCUT2D eigenvalue weighted by atomic mass is 9.94. The van der Waals surface area contributed by atoms with Gasteiger partial charge < -0.3 is 0 Å². The van der Waals surface area contributed by atoms with E-state index < -0.39 is 0 Å². The molecule has 0 heterocycles. The number of nitrogens with zero attached hydrogens (tertiary/aromatic N) is 2. The minimum atomic E-state index is 0.621. The van der Waals surface area contributed by atoms with E-state index in [0.29, 0.717) is 16.1 Å². The van der Waals surface area contributed by atoms with Gasteiger partial charge in [0.1, 0.15) is 0 Å². The molecule has 0 atom stereocenters. The van der Waals surface area contributed by atoms with Gasteiger partial charge in [-0.2, -0.15) is 10.5 Å². The maximum absolute atomic E-state index is 8.93. The summed E-state index contributed by atoms with van der Waals surface area (Å²) in [6.45, 7) is 0. The summed E-state index contributed by atoms with van der Waals surface area (Å²) in [6, 6.07) is 24.8. The molecule has 0 unspecified atom stereocenters. The number of halogens is 1. The Hall–Kier alpha value is -3.07. The molecule has 0 saturated heterocycles. The van der Waals surface area contributed by atoms with Crippen LogP contribution in [0.3, 0.4) is 0 Å². The Morgan fingerprint density at radius 2 is 1.09 bits per heavy atom. The molecule has 0 aromatic heterocycles. The molecule has 0 saturated carbocycles. The Labute approximate surface area is 139 Å². The molecule has 0 aliphatic rings. The van der Waals surface area contributed by atoms with Gasteiger partial charge in [0.05, 0.1) is 23.3 Å². The Morgan fingerprint density at radius 3 is 1.57 bits per heavy atom. The highest BCUT2D eigenvalue weighted by molar-refractivity contribution is 6.31. The SMILES string of the molecule is N#Cc1ccc(-c2ccc(Cl)cc2-c2ccc(C#N)cc2)cc1. The van der Waals surface area contributed by atoms with E-state index in [1.165, 1.54) is 0 Å². The summed E-state index contributed by atoms with van der Waals surface area (Å²) in [5.74, 6) is 0. The van der Waals surface area contributed by atoms with Crippen molar-refractivity contribution < 1.29 is 0 Å². The second-order valence-corrected chi connectivity index (χ2v) is 5.50. The summed E-state index contributed by atoms with van der Waals surface area (Å²) >= 11 is 6.17. The number of benzene rings is 3. The molecule has 0 spiro atoms. The normalized spacial score (nSPS) is 9.87. The predicted molar refractivity (Wildman–Crippen MR) is 91.8 cm³/mol. The van der Waals surface area contributed by atoms with Gasteiger partial charge in [-0.1, -0.05) is 41.9 Å². The van der Waals surface area contributed by atoms with Crippen molar-refractivity contribution >= 4 is 11.6 Å². The van der Waals surface area contributed by atoms with Crippen LogP contribution in [-0.4, -0.2) is 0 Å². The highest BCUT2D eigenvalue weighted by Crippen LogP contribution is 2.34. The third kappa shape index (κ3) is 3.09. The van der Waals surface area contributed by atoms with Gasteiger partial charge in [0.2, 0.25) is 0 Å². The predicted octanol–water partition coefficient (Wildman–Crippen LogP) is 5.42. The Kier molecular flexibility index (Phi) is 4.11. The second-order valence-electron chi connectivity index (χ2n) is 5.07. The number of hydrogen-bond donors (Lipinski definition) is 0. The maximum Gasteiger partial charge on any atom is 0.0991 e. The highest BCUT2D eigenvalue weighted by Gasteiger charge is 2.09. The smallest absolute Gasteiger partial charge is 0.0991 e. The van der Waals surface area contributed by atoms with Gasteiger partial charge in [0.15, 0.2) is 0 Å². The van der Waals surface area contributed by atoms with Gasteiger partial charge in [0, 0.05) is 5.02 Å².